The first-order valence-electron chi connectivity index (χ1n) is 11.3. The van der Waals surface area contributed by atoms with Crippen molar-refractivity contribution < 1.29 is 18.7 Å². The second-order valence-electron chi connectivity index (χ2n) is 8.80. The number of rotatable bonds is 7. The van der Waals surface area contributed by atoms with Crippen LogP contribution in [0.2, 0.25) is 0 Å². The van der Waals surface area contributed by atoms with Crippen molar-refractivity contribution in [2.45, 2.75) is 32.2 Å². The van der Waals surface area contributed by atoms with Crippen molar-refractivity contribution in [3.63, 3.8) is 0 Å². The van der Waals surface area contributed by atoms with E-state index >= 15 is 0 Å². The Labute approximate surface area is 199 Å². The van der Waals surface area contributed by atoms with Gasteiger partial charge in [-0.15, -0.1) is 0 Å². The summed E-state index contributed by atoms with van der Waals surface area (Å²) in [5.74, 6) is 0.350. The Hall–Kier alpha value is -3.45. The molecule has 6 nitrogen and oxygen atoms in total. The number of benzene rings is 2. The normalized spacial score (nSPS) is 17.1. The minimum atomic E-state index is -0.708. The average molecular weight is 464 g/mol. The number of aryl methyl sites for hydroxylation is 1. The molecule has 2 heterocycles. The van der Waals surface area contributed by atoms with Gasteiger partial charge in [-0.25, -0.2) is 9.37 Å². The summed E-state index contributed by atoms with van der Waals surface area (Å²) in [5.41, 5.74) is 3.54. The summed E-state index contributed by atoms with van der Waals surface area (Å²) in [6.07, 6.45) is 7.14. The Kier molecular flexibility index (Phi) is 6.84. The van der Waals surface area contributed by atoms with E-state index in [1.165, 1.54) is 12.1 Å². The van der Waals surface area contributed by atoms with Gasteiger partial charge < -0.3 is 18.9 Å². The summed E-state index contributed by atoms with van der Waals surface area (Å²) < 4.78 is 26.6. The van der Waals surface area contributed by atoms with Crippen molar-refractivity contribution in [2.75, 3.05) is 27.4 Å². The van der Waals surface area contributed by atoms with Crippen molar-refractivity contribution >= 4 is 12.0 Å². The Balaban J connectivity index is 1.66. The molecule has 0 spiro atoms. The van der Waals surface area contributed by atoms with Gasteiger partial charge in [-0.3, -0.25) is 4.79 Å². The van der Waals surface area contributed by atoms with Crippen LogP contribution in [0.25, 0.3) is 11.8 Å². The molecule has 0 radical (unpaired) electrons. The quantitative estimate of drug-likeness (QED) is 0.468. The van der Waals surface area contributed by atoms with Crippen LogP contribution in [0.15, 0.2) is 60.6 Å². The van der Waals surface area contributed by atoms with Crippen LogP contribution in [0.4, 0.5) is 4.39 Å². The van der Waals surface area contributed by atoms with Gasteiger partial charge in [-0.1, -0.05) is 18.2 Å². The molecule has 1 unspecified atom stereocenters. The highest BCUT2D eigenvalue weighted by atomic mass is 19.1. The highest BCUT2D eigenvalue weighted by Gasteiger charge is 2.39. The maximum absolute atomic E-state index is 13.6. The maximum Gasteiger partial charge on any atom is 0.250 e. The molecule has 0 bridgehead atoms. The number of methoxy groups -OCH3 is 2. The third-order valence-corrected chi connectivity index (χ3v) is 6.37. The number of aromatic nitrogens is 2. The highest BCUT2D eigenvalue weighted by Crippen LogP contribution is 2.35. The van der Waals surface area contributed by atoms with Crippen LogP contribution < -0.4 is 4.74 Å². The van der Waals surface area contributed by atoms with E-state index in [4.69, 9.17) is 9.47 Å². The maximum atomic E-state index is 13.6. The van der Waals surface area contributed by atoms with E-state index in [1.807, 2.05) is 53.8 Å². The molecule has 1 saturated heterocycles. The Morgan fingerprint density at radius 3 is 2.59 bits per heavy atom. The summed E-state index contributed by atoms with van der Waals surface area (Å²) in [6.45, 7) is 4.82. The van der Waals surface area contributed by atoms with Crippen molar-refractivity contribution in [1.29, 1.82) is 0 Å². The first kappa shape index (κ1) is 23.7. The van der Waals surface area contributed by atoms with Gasteiger partial charge in [0.2, 0.25) is 0 Å². The zero-order valence-electron chi connectivity index (χ0n) is 20.0. The van der Waals surface area contributed by atoms with Crippen LogP contribution in [-0.2, 0) is 15.1 Å². The molecule has 7 heteroatoms. The predicted molar refractivity (Wildman–Crippen MR) is 129 cm³/mol. The zero-order valence-corrected chi connectivity index (χ0v) is 20.0. The molecule has 1 amide bonds. The fourth-order valence-electron chi connectivity index (χ4n) is 4.57. The second kappa shape index (κ2) is 9.81. The minimum Gasteiger partial charge on any atom is -0.495 e. The molecule has 0 aliphatic carbocycles. The van der Waals surface area contributed by atoms with Gasteiger partial charge in [0.25, 0.3) is 5.91 Å². The number of halogens is 1. The van der Waals surface area contributed by atoms with Gasteiger partial charge in [0.15, 0.2) is 0 Å². The molecule has 0 saturated carbocycles. The fraction of sp³-hybridized carbons (Fsp3) is 0.333. The molecule has 0 N–H and O–H groups in total. The highest BCUT2D eigenvalue weighted by molar-refractivity contribution is 5.99. The molecule has 4 rings (SSSR count). The third-order valence-electron chi connectivity index (χ3n) is 6.37. The number of amides is 1. The van der Waals surface area contributed by atoms with Crippen LogP contribution in [0, 0.1) is 12.7 Å². The van der Waals surface area contributed by atoms with E-state index < -0.39 is 5.54 Å². The van der Waals surface area contributed by atoms with Crippen molar-refractivity contribution in [2.24, 2.45) is 0 Å². The lowest BCUT2D eigenvalue weighted by atomic mass is 9.87. The summed E-state index contributed by atoms with van der Waals surface area (Å²) in [4.78, 5) is 19.8. The topological polar surface area (TPSA) is 56.6 Å². The molecule has 2 aromatic carbocycles. The zero-order chi connectivity index (χ0) is 24.3. The smallest absolute Gasteiger partial charge is 0.250 e. The van der Waals surface area contributed by atoms with Crippen molar-refractivity contribution in [1.82, 2.24) is 14.5 Å². The number of nitrogens with zero attached hydrogens (tertiary/aromatic N) is 3. The summed E-state index contributed by atoms with van der Waals surface area (Å²) in [7, 11) is 3.24. The predicted octanol–water partition coefficient (Wildman–Crippen LogP) is 4.90. The third kappa shape index (κ3) is 4.61. The first-order chi connectivity index (χ1) is 16.4. The van der Waals surface area contributed by atoms with E-state index in [1.54, 1.807) is 32.7 Å². The van der Waals surface area contributed by atoms with Crippen molar-refractivity contribution in [3.8, 4) is 11.4 Å². The van der Waals surface area contributed by atoms with E-state index in [2.05, 4.69) is 4.98 Å². The molecule has 1 fully saturated rings. The Bertz CT molecular complexity index is 1200. The van der Waals surface area contributed by atoms with E-state index in [9.17, 15) is 9.18 Å². The van der Waals surface area contributed by atoms with Crippen LogP contribution in [0.3, 0.4) is 0 Å². The molecule has 1 aliphatic rings. The number of hydrogen-bond donors (Lipinski definition) is 0. The van der Waals surface area contributed by atoms with E-state index in [0.717, 1.165) is 34.5 Å². The van der Waals surface area contributed by atoms with Crippen molar-refractivity contribution in [3.05, 3.63) is 83.2 Å². The molecule has 1 aliphatic heterocycles. The average Bonchev–Trinajstić information content (AvgIpc) is 3.26. The van der Waals surface area contributed by atoms with Crippen LogP contribution in [0.1, 0.15) is 36.6 Å². The van der Waals surface area contributed by atoms with Gasteiger partial charge in [0.05, 0.1) is 37.0 Å². The lowest BCUT2D eigenvalue weighted by molar-refractivity contribution is -0.137. The SMILES string of the molecule is COCC(C)(c1ccc(F)cc1)N1CCC/C(=C\c2ccc(-n3cnc(C)c3)c(OC)c2)C1=O. The van der Waals surface area contributed by atoms with Crippen LogP contribution in [0.5, 0.6) is 5.75 Å². The van der Waals surface area contributed by atoms with Crippen LogP contribution >= 0.6 is 0 Å². The Morgan fingerprint density at radius 1 is 1.18 bits per heavy atom. The van der Waals surface area contributed by atoms with Gasteiger partial charge in [-0.05, 0) is 68.2 Å². The number of likely N-dealkylation sites (tertiary alicyclic amines) is 1. The summed E-state index contributed by atoms with van der Waals surface area (Å²) in [5, 5.41) is 0. The van der Waals surface area contributed by atoms with Gasteiger partial charge in [-0.2, -0.15) is 0 Å². The first-order valence-corrected chi connectivity index (χ1v) is 11.3. The summed E-state index contributed by atoms with van der Waals surface area (Å²) in [6, 6.07) is 12.2. The van der Waals surface area contributed by atoms with E-state index in [-0.39, 0.29) is 11.7 Å². The number of ether oxygens (including phenoxy) is 2. The molecule has 1 aromatic heterocycles. The van der Waals surface area contributed by atoms with Gasteiger partial charge in [0.1, 0.15) is 11.6 Å². The van der Waals surface area contributed by atoms with Gasteiger partial charge >= 0.3 is 0 Å². The molecular weight excluding hydrogens is 433 g/mol. The van der Waals surface area contributed by atoms with Crippen LogP contribution in [-0.4, -0.2) is 47.7 Å². The fourth-order valence-corrected chi connectivity index (χ4v) is 4.57. The number of hydrogen-bond acceptors (Lipinski definition) is 4. The Morgan fingerprint density at radius 2 is 1.94 bits per heavy atom. The molecule has 34 heavy (non-hydrogen) atoms. The molecular formula is C27H30FN3O3. The second-order valence-corrected chi connectivity index (χ2v) is 8.80. The van der Waals surface area contributed by atoms with Gasteiger partial charge in [0, 0.05) is 25.4 Å². The monoisotopic (exact) mass is 463 g/mol. The largest absolute Gasteiger partial charge is 0.495 e. The minimum absolute atomic E-state index is 0.0385. The number of carbonyl (C=O) groups excluding carboxylic acids is 1. The number of piperidine rings is 1. The molecule has 3 aromatic rings. The number of imidazole rings is 1. The lowest BCUT2D eigenvalue weighted by Crippen LogP contribution is -2.53. The standard InChI is InChI=1S/C27H30FN3O3/c1-19-16-30(18-29-19)24-12-7-20(15-25(24)34-4)14-21-6-5-13-31(26(21)32)27(2,17-33-3)22-8-10-23(28)11-9-22/h7-12,14-16,18H,5-6,13,17H2,1-4H3/b21-14+. The molecule has 178 valence electrons. The van der Waals surface area contributed by atoms with E-state index in [0.29, 0.717) is 25.3 Å². The lowest BCUT2D eigenvalue weighted by Gasteiger charge is -2.44. The molecule has 1 atom stereocenters. The summed E-state index contributed by atoms with van der Waals surface area (Å²) >= 11 is 0. The number of carbonyl (C=O) groups is 1.